The van der Waals surface area contributed by atoms with Crippen LogP contribution in [-0.2, 0) is 10.0 Å². The Hall–Kier alpha value is -2.13. The Morgan fingerprint density at radius 2 is 1.79 bits per heavy atom. The molecule has 9 heteroatoms. The van der Waals surface area contributed by atoms with Crippen LogP contribution in [0.25, 0.3) is 11.4 Å². The summed E-state index contributed by atoms with van der Waals surface area (Å²) in [5.74, 6) is 1.04. The van der Waals surface area contributed by atoms with E-state index in [2.05, 4.69) is 15.2 Å². The average molecular weight is 284 g/mol. The molecule has 0 bridgehead atoms. The number of methoxy groups -OCH3 is 2. The highest BCUT2D eigenvalue weighted by molar-refractivity contribution is 7.89. The maximum Gasteiger partial charge on any atom is 0.273 e. The molecule has 0 atom stereocenters. The first-order chi connectivity index (χ1) is 8.97. The molecule has 3 N–H and O–H groups in total. The number of sulfonamides is 1. The zero-order chi connectivity index (χ0) is 14.0. The van der Waals surface area contributed by atoms with E-state index >= 15 is 0 Å². The van der Waals surface area contributed by atoms with Gasteiger partial charge in [0.05, 0.1) is 14.2 Å². The van der Waals surface area contributed by atoms with Gasteiger partial charge in [-0.15, -0.1) is 0 Å². The third kappa shape index (κ3) is 2.51. The highest BCUT2D eigenvalue weighted by atomic mass is 32.2. The molecule has 0 spiro atoms. The van der Waals surface area contributed by atoms with Gasteiger partial charge in [0.2, 0.25) is 0 Å². The van der Waals surface area contributed by atoms with E-state index in [1.165, 1.54) is 14.2 Å². The van der Waals surface area contributed by atoms with Crippen LogP contribution in [-0.4, -0.2) is 37.8 Å². The Morgan fingerprint density at radius 1 is 1.21 bits per heavy atom. The van der Waals surface area contributed by atoms with Crippen molar-refractivity contribution in [2.45, 2.75) is 5.16 Å². The summed E-state index contributed by atoms with van der Waals surface area (Å²) in [6.07, 6.45) is 0. The normalized spacial score (nSPS) is 11.3. The minimum Gasteiger partial charge on any atom is -0.496 e. The monoisotopic (exact) mass is 284 g/mol. The molecular formula is C10H12N4O4S. The van der Waals surface area contributed by atoms with Gasteiger partial charge in [-0.1, -0.05) is 6.07 Å². The van der Waals surface area contributed by atoms with E-state index in [1.807, 2.05) is 0 Å². The lowest BCUT2D eigenvalue weighted by atomic mass is 10.1. The summed E-state index contributed by atoms with van der Waals surface area (Å²) >= 11 is 0. The molecule has 0 aliphatic rings. The van der Waals surface area contributed by atoms with Gasteiger partial charge in [0, 0.05) is 0 Å². The smallest absolute Gasteiger partial charge is 0.273 e. The first-order valence-electron chi connectivity index (χ1n) is 5.14. The number of benzene rings is 1. The lowest BCUT2D eigenvalue weighted by Gasteiger charge is -2.09. The van der Waals surface area contributed by atoms with Crippen molar-refractivity contribution in [2.75, 3.05) is 14.2 Å². The summed E-state index contributed by atoms with van der Waals surface area (Å²) in [5, 5.41) is 10.6. The van der Waals surface area contributed by atoms with Crippen molar-refractivity contribution in [3.8, 4) is 22.9 Å². The van der Waals surface area contributed by atoms with E-state index in [9.17, 15) is 8.42 Å². The zero-order valence-electron chi connectivity index (χ0n) is 10.2. The van der Waals surface area contributed by atoms with Crippen LogP contribution < -0.4 is 14.6 Å². The summed E-state index contributed by atoms with van der Waals surface area (Å²) < 4.78 is 32.7. The number of hydrogen-bond donors (Lipinski definition) is 2. The molecule has 0 fully saturated rings. The minimum atomic E-state index is -3.94. The van der Waals surface area contributed by atoms with Gasteiger partial charge < -0.3 is 9.47 Å². The fourth-order valence-corrected chi connectivity index (χ4v) is 1.94. The fourth-order valence-electron chi connectivity index (χ4n) is 1.56. The van der Waals surface area contributed by atoms with E-state index in [4.69, 9.17) is 14.6 Å². The highest BCUT2D eigenvalue weighted by Gasteiger charge is 2.20. The fraction of sp³-hybridized carbons (Fsp3) is 0.200. The molecule has 0 radical (unpaired) electrons. The van der Waals surface area contributed by atoms with Crippen LogP contribution in [0.1, 0.15) is 0 Å². The van der Waals surface area contributed by atoms with E-state index in [-0.39, 0.29) is 5.82 Å². The second kappa shape index (κ2) is 4.86. The van der Waals surface area contributed by atoms with Gasteiger partial charge in [0.1, 0.15) is 17.1 Å². The number of aromatic amines is 1. The number of primary sulfonamides is 1. The molecule has 1 aromatic carbocycles. The second-order valence-corrected chi connectivity index (χ2v) is 5.02. The Labute approximate surface area is 109 Å². The van der Waals surface area contributed by atoms with Crippen molar-refractivity contribution < 1.29 is 17.9 Å². The Balaban J connectivity index is 2.61. The van der Waals surface area contributed by atoms with Gasteiger partial charge >= 0.3 is 0 Å². The predicted molar refractivity (Wildman–Crippen MR) is 66.3 cm³/mol. The van der Waals surface area contributed by atoms with E-state index in [0.29, 0.717) is 17.1 Å². The van der Waals surface area contributed by atoms with Crippen molar-refractivity contribution >= 4 is 10.0 Å². The SMILES string of the molecule is COc1cccc(OC)c1-c1n[nH]c(S(N)(=O)=O)n1. The van der Waals surface area contributed by atoms with E-state index in [0.717, 1.165) is 0 Å². The molecule has 102 valence electrons. The van der Waals surface area contributed by atoms with Crippen molar-refractivity contribution in [1.29, 1.82) is 0 Å². The molecule has 0 amide bonds. The van der Waals surface area contributed by atoms with E-state index < -0.39 is 15.2 Å². The molecule has 0 aliphatic carbocycles. The topological polar surface area (TPSA) is 120 Å². The number of nitrogens with one attached hydrogen (secondary N) is 1. The van der Waals surface area contributed by atoms with Crippen molar-refractivity contribution in [1.82, 2.24) is 15.2 Å². The van der Waals surface area contributed by atoms with Gasteiger partial charge in [-0.3, -0.25) is 0 Å². The second-order valence-electron chi connectivity index (χ2n) is 3.55. The summed E-state index contributed by atoms with van der Waals surface area (Å²) in [4.78, 5) is 3.83. The summed E-state index contributed by atoms with van der Waals surface area (Å²) in [6.45, 7) is 0. The zero-order valence-corrected chi connectivity index (χ0v) is 11.1. The number of nitrogens with two attached hydrogens (primary N) is 1. The van der Waals surface area contributed by atoms with Crippen molar-refractivity contribution in [2.24, 2.45) is 5.14 Å². The summed E-state index contributed by atoms with van der Waals surface area (Å²) in [5.41, 5.74) is 0.443. The largest absolute Gasteiger partial charge is 0.496 e. The number of H-pyrrole nitrogens is 1. The molecule has 8 nitrogen and oxygen atoms in total. The lowest BCUT2D eigenvalue weighted by Crippen LogP contribution is -2.13. The van der Waals surface area contributed by atoms with Crippen LogP contribution in [0.3, 0.4) is 0 Å². The number of ether oxygens (including phenoxy) is 2. The molecule has 0 unspecified atom stereocenters. The highest BCUT2D eigenvalue weighted by Crippen LogP contribution is 2.36. The lowest BCUT2D eigenvalue weighted by molar-refractivity contribution is 0.397. The number of nitrogens with zero attached hydrogens (tertiary/aromatic N) is 2. The molecule has 2 aromatic rings. The molecule has 0 saturated carbocycles. The van der Waals surface area contributed by atoms with Crippen LogP contribution in [0, 0.1) is 0 Å². The number of rotatable bonds is 4. The third-order valence-electron chi connectivity index (χ3n) is 2.39. The Morgan fingerprint density at radius 3 is 2.21 bits per heavy atom. The van der Waals surface area contributed by atoms with Crippen molar-refractivity contribution in [3.63, 3.8) is 0 Å². The maximum absolute atomic E-state index is 11.2. The average Bonchev–Trinajstić information content (AvgIpc) is 2.86. The Bertz CT molecular complexity index is 673. The molecule has 0 aliphatic heterocycles. The molecule has 19 heavy (non-hydrogen) atoms. The van der Waals surface area contributed by atoms with Crippen LogP contribution in [0.5, 0.6) is 11.5 Å². The standard InChI is InChI=1S/C10H12N4O4S/c1-17-6-4-3-5-7(18-2)8(6)9-12-10(14-13-9)19(11,15)16/h3-5H,1-2H3,(H2,11,15,16)(H,12,13,14). The molecule has 1 aromatic heterocycles. The third-order valence-corrected chi connectivity index (χ3v) is 3.11. The first-order valence-corrected chi connectivity index (χ1v) is 6.68. The van der Waals surface area contributed by atoms with E-state index in [1.54, 1.807) is 18.2 Å². The van der Waals surface area contributed by atoms with Crippen LogP contribution in [0.4, 0.5) is 0 Å². The Kier molecular flexibility index (Phi) is 3.40. The van der Waals surface area contributed by atoms with Gasteiger partial charge in [-0.25, -0.2) is 18.7 Å². The van der Waals surface area contributed by atoms with Gasteiger partial charge in [0.15, 0.2) is 5.82 Å². The number of aromatic nitrogens is 3. The molecular weight excluding hydrogens is 272 g/mol. The predicted octanol–water partition coefficient (Wildman–Crippen LogP) is 0.136. The minimum absolute atomic E-state index is 0.123. The summed E-state index contributed by atoms with van der Waals surface area (Å²) in [6, 6.07) is 5.10. The van der Waals surface area contributed by atoms with Crippen molar-refractivity contribution in [3.05, 3.63) is 18.2 Å². The summed E-state index contributed by atoms with van der Waals surface area (Å²) in [7, 11) is -0.985. The molecule has 2 rings (SSSR count). The van der Waals surface area contributed by atoms with Gasteiger partial charge in [0.25, 0.3) is 15.2 Å². The van der Waals surface area contributed by atoms with Crippen LogP contribution in [0.15, 0.2) is 23.4 Å². The number of hydrogen-bond acceptors (Lipinski definition) is 6. The molecule has 0 saturated heterocycles. The van der Waals surface area contributed by atoms with Crippen LogP contribution >= 0.6 is 0 Å². The van der Waals surface area contributed by atoms with Crippen LogP contribution in [0.2, 0.25) is 0 Å². The van der Waals surface area contributed by atoms with Gasteiger partial charge in [-0.2, -0.15) is 10.1 Å². The first kappa shape index (κ1) is 13.3. The maximum atomic E-state index is 11.2. The molecule has 1 heterocycles. The van der Waals surface area contributed by atoms with Gasteiger partial charge in [-0.05, 0) is 12.1 Å². The quantitative estimate of drug-likeness (QED) is 0.823.